The molecule has 0 bridgehead atoms. The molecule has 2 aromatic rings. The van der Waals surface area contributed by atoms with Gasteiger partial charge in [0.25, 0.3) is 5.91 Å². The number of benzene rings is 1. The Hall–Kier alpha value is -3.56. The molecule has 0 unspecified atom stereocenters. The van der Waals surface area contributed by atoms with Crippen LogP contribution in [0.3, 0.4) is 0 Å². The average molecular weight is 529 g/mol. The number of ether oxygens (including phenoxy) is 2. The summed E-state index contributed by atoms with van der Waals surface area (Å²) in [6.45, 7) is 4.05. The van der Waals surface area contributed by atoms with Gasteiger partial charge in [-0.1, -0.05) is 63.6 Å². The number of rotatable bonds is 13. The number of amides is 3. The van der Waals surface area contributed by atoms with Gasteiger partial charge in [-0.15, -0.1) is 0 Å². The first kappa shape index (κ1) is 29.0. The van der Waals surface area contributed by atoms with Gasteiger partial charge in [-0.2, -0.15) is 0 Å². The molecule has 3 N–H and O–H groups in total. The molecule has 10 heteroatoms. The number of aromatic nitrogens is 1. The van der Waals surface area contributed by atoms with Crippen molar-refractivity contribution >= 4 is 17.7 Å². The van der Waals surface area contributed by atoms with E-state index in [9.17, 15) is 14.4 Å². The summed E-state index contributed by atoms with van der Waals surface area (Å²) in [5.41, 5.74) is 0.703. The Bertz CT molecular complexity index is 1030. The van der Waals surface area contributed by atoms with Crippen LogP contribution in [0.4, 0.5) is 0 Å². The predicted molar refractivity (Wildman–Crippen MR) is 142 cm³/mol. The Kier molecular flexibility index (Phi) is 11.0. The largest absolute Gasteiger partial charge is 0.496 e. The maximum atomic E-state index is 13.5. The quantitative estimate of drug-likeness (QED) is 0.362. The summed E-state index contributed by atoms with van der Waals surface area (Å²) >= 11 is 0. The number of hydrogen-bond acceptors (Lipinski definition) is 7. The number of methoxy groups -OCH3 is 2. The van der Waals surface area contributed by atoms with Crippen molar-refractivity contribution in [3.05, 3.63) is 41.8 Å². The zero-order valence-electron chi connectivity index (χ0n) is 22.7. The van der Waals surface area contributed by atoms with Crippen LogP contribution in [0, 0.1) is 11.8 Å². The van der Waals surface area contributed by atoms with Crippen molar-refractivity contribution in [2.75, 3.05) is 14.2 Å². The van der Waals surface area contributed by atoms with Crippen molar-refractivity contribution in [2.24, 2.45) is 11.8 Å². The molecule has 1 aromatic carbocycles. The van der Waals surface area contributed by atoms with Gasteiger partial charge in [0.2, 0.25) is 17.6 Å². The number of nitrogens with one attached hydrogen (secondary N) is 3. The van der Waals surface area contributed by atoms with E-state index in [2.05, 4.69) is 21.1 Å². The van der Waals surface area contributed by atoms with Crippen LogP contribution < -0.4 is 25.4 Å². The third-order valence-corrected chi connectivity index (χ3v) is 7.34. The van der Waals surface area contributed by atoms with Gasteiger partial charge in [0.15, 0.2) is 0 Å². The standard InChI is InChI=1S/C28H40N4O6/c1-5-18(2)25(28(35)29-17-20-22(36-3)12-9-13-23(20)37-4)32-26(33)21(16-19-10-7-6-8-11-19)31-27(34)24-14-15-30-38-24/h9,12-15,18-19,21,25H,5-8,10-11,16-17H2,1-4H3,(H,29,35)(H,31,34)(H,32,33)/t18-,21-,25-/m0/s1. The van der Waals surface area contributed by atoms with Gasteiger partial charge in [-0.25, -0.2) is 0 Å². The molecular weight excluding hydrogens is 488 g/mol. The van der Waals surface area contributed by atoms with E-state index in [0.29, 0.717) is 35.8 Å². The molecule has 1 aliphatic rings. The first-order chi connectivity index (χ1) is 18.4. The van der Waals surface area contributed by atoms with Gasteiger partial charge < -0.3 is 29.9 Å². The lowest BCUT2D eigenvalue weighted by molar-refractivity contribution is -0.131. The molecule has 1 heterocycles. The molecule has 1 aromatic heterocycles. The minimum absolute atomic E-state index is 0.0356. The third-order valence-electron chi connectivity index (χ3n) is 7.34. The Morgan fingerprint density at radius 1 is 1.03 bits per heavy atom. The minimum atomic E-state index is -0.802. The van der Waals surface area contributed by atoms with E-state index in [1.807, 2.05) is 19.9 Å². The second-order valence-corrected chi connectivity index (χ2v) is 9.87. The van der Waals surface area contributed by atoms with Gasteiger partial charge in [0.1, 0.15) is 23.6 Å². The van der Waals surface area contributed by atoms with Crippen LogP contribution in [-0.4, -0.2) is 49.2 Å². The Labute approximate surface area is 224 Å². The second-order valence-electron chi connectivity index (χ2n) is 9.87. The molecule has 1 fully saturated rings. The maximum Gasteiger partial charge on any atom is 0.290 e. The van der Waals surface area contributed by atoms with Crippen molar-refractivity contribution in [3.63, 3.8) is 0 Å². The summed E-state index contributed by atoms with van der Waals surface area (Å²) < 4.78 is 15.8. The Morgan fingerprint density at radius 3 is 2.29 bits per heavy atom. The summed E-state index contributed by atoms with van der Waals surface area (Å²) in [6, 6.07) is 5.27. The van der Waals surface area contributed by atoms with Crippen LogP contribution in [0.15, 0.2) is 35.0 Å². The van der Waals surface area contributed by atoms with E-state index in [4.69, 9.17) is 14.0 Å². The molecule has 0 aliphatic heterocycles. The molecular formula is C28H40N4O6. The third kappa shape index (κ3) is 7.72. The molecule has 1 saturated carbocycles. The molecule has 1 aliphatic carbocycles. The van der Waals surface area contributed by atoms with Crippen LogP contribution in [0.25, 0.3) is 0 Å². The van der Waals surface area contributed by atoms with Crippen LogP contribution in [-0.2, 0) is 16.1 Å². The first-order valence-electron chi connectivity index (χ1n) is 13.4. The van der Waals surface area contributed by atoms with Gasteiger partial charge >= 0.3 is 0 Å². The highest BCUT2D eigenvalue weighted by atomic mass is 16.5. The van der Waals surface area contributed by atoms with Crippen molar-refractivity contribution in [2.45, 2.75) is 77.4 Å². The maximum absolute atomic E-state index is 13.5. The van der Waals surface area contributed by atoms with Crippen molar-refractivity contribution < 1.29 is 28.4 Å². The lowest BCUT2D eigenvalue weighted by Gasteiger charge is -2.29. The smallest absolute Gasteiger partial charge is 0.290 e. The fourth-order valence-corrected chi connectivity index (χ4v) is 4.89. The number of nitrogens with zero attached hydrogens (tertiary/aromatic N) is 1. The fraction of sp³-hybridized carbons (Fsp3) is 0.571. The Morgan fingerprint density at radius 2 is 1.71 bits per heavy atom. The van der Waals surface area contributed by atoms with Gasteiger partial charge in [0.05, 0.1) is 32.5 Å². The SMILES string of the molecule is CC[C@H](C)[C@H](NC(=O)[C@H](CC1CCCCC1)NC(=O)c1ccno1)C(=O)NCc1c(OC)cccc1OC. The molecule has 0 saturated heterocycles. The highest BCUT2D eigenvalue weighted by Gasteiger charge is 2.32. The summed E-state index contributed by atoms with van der Waals surface area (Å²) in [6.07, 6.45) is 7.98. The van der Waals surface area contributed by atoms with E-state index in [1.165, 1.54) is 18.7 Å². The van der Waals surface area contributed by atoms with Crippen LogP contribution in [0.2, 0.25) is 0 Å². The molecule has 10 nitrogen and oxygen atoms in total. The average Bonchev–Trinajstić information content (AvgIpc) is 3.49. The predicted octanol–water partition coefficient (Wildman–Crippen LogP) is 3.61. The zero-order chi connectivity index (χ0) is 27.5. The lowest BCUT2D eigenvalue weighted by Crippen LogP contribution is -2.56. The molecule has 0 radical (unpaired) electrons. The van der Waals surface area contributed by atoms with E-state index in [-0.39, 0.29) is 24.1 Å². The Balaban J connectivity index is 1.74. The number of hydrogen-bond donors (Lipinski definition) is 3. The van der Waals surface area contributed by atoms with Crippen LogP contribution in [0.5, 0.6) is 11.5 Å². The van der Waals surface area contributed by atoms with Crippen LogP contribution in [0.1, 0.15) is 74.9 Å². The van der Waals surface area contributed by atoms with E-state index >= 15 is 0 Å². The molecule has 3 amide bonds. The number of carbonyl (C=O) groups is 3. The first-order valence-corrected chi connectivity index (χ1v) is 13.4. The van der Waals surface area contributed by atoms with E-state index in [0.717, 1.165) is 25.7 Å². The van der Waals surface area contributed by atoms with Gasteiger partial charge in [-0.3, -0.25) is 14.4 Å². The minimum Gasteiger partial charge on any atom is -0.496 e. The molecule has 3 atom stereocenters. The summed E-state index contributed by atoms with van der Waals surface area (Å²) in [7, 11) is 3.11. The van der Waals surface area contributed by atoms with E-state index < -0.39 is 23.9 Å². The lowest BCUT2D eigenvalue weighted by atomic mass is 9.84. The monoisotopic (exact) mass is 528 g/mol. The van der Waals surface area contributed by atoms with Crippen LogP contribution >= 0.6 is 0 Å². The van der Waals surface area contributed by atoms with E-state index in [1.54, 1.807) is 26.4 Å². The van der Waals surface area contributed by atoms with Gasteiger partial charge in [-0.05, 0) is 30.4 Å². The highest BCUT2D eigenvalue weighted by Crippen LogP contribution is 2.29. The molecule has 3 rings (SSSR count). The summed E-state index contributed by atoms with van der Waals surface area (Å²) in [5, 5.41) is 12.2. The molecule has 0 spiro atoms. The molecule has 38 heavy (non-hydrogen) atoms. The van der Waals surface area contributed by atoms with Crippen molar-refractivity contribution in [1.29, 1.82) is 0 Å². The summed E-state index contributed by atoms with van der Waals surface area (Å²) in [5.74, 6) is 0.187. The van der Waals surface area contributed by atoms with Crippen molar-refractivity contribution in [3.8, 4) is 11.5 Å². The second kappa shape index (κ2) is 14.4. The zero-order valence-corrected chi connectivity index (χ0v) is 22.7. The molecule has 208 valence electrons. The summed E-state index contributed by atoms with van der Waals surface area (Å²) in [4.78, 5) is 39.6. The fourth-order valence-electron chi connectivity index (χ4n) is 4.89. The highest BCUT2D eigenvalue weighted by molar-refractivity contribution is 5.96. The van der Waals surface area contributed by atoms with Gasteiger partial charge in [0, 0.05) is 6.07 Å². The van der Waals surface area contributed by atoms with Crippen molar-refractivity contribution in [1.82, 2.24) is 21.1 Å². The topological polar surface area (TPSA) is 132 Å². The normalized spacial score (nSPS) is 16.1. The number of carbonyl (C=O) groups excluding carboxylic acids is 3.